The molecule has 0 saturated carbocycles. The van der Waals surface area contributed by atoms with Gasteiger partial charge in [-0.25, -0.2) is 15.0 Å². The Labute approximate surface area is 321 Å². The van der Waals surface area contributed by atoms with Crippen molar-refractivity contribution >= 4 is 21.8 Å². The lowest BCUT2D eigenvalue weighted by molar-refractivity contribution is 0.299. The SMILES string of the molecule is CC1(C)c2ccccc2-c2ccc(-c3ccc(-c4nc(-c5ccccc5)nc(-c5ccc6c7ccccc7n(-c7ccccc7)c6c5)n4)cc3)cc2C1(C)C. The number of benzene rings is 7. The smallest absolute Gasteiger partial charge is 0.164 e. The average molecular weight is 709 g/mol. The Bertz CT molecular complexity index is 2900. The zero-order valence-electron chi connectivity index (χ0n) is 31.5. The summed E-state index contributed by atoms with van der Waals surface area (Å²) in [6.07, 6.45) is 0. The first kappa shape index (κ1) is 33.0. The number of hydrogen-bond donors (Lipinski definition) is 0. The lowest BCUT2D eigenvalue weighted by Gasteiger charge is -2.48. The minimum atomic E-state index is -0.0553. The molecule has 0 unspecified atom stereocenters. The Morgan fingerprint density at radius 2 is 0.873 bits per heavy atom. The maximum Gasteiger partial charge on any atom is 0.164 e. The molecule has 0 spiro atoms. The van der Waals surface area contributed by atoms with Crippen molar-refractivity contribution in [3.63, 3.8) is 0 Å². The van der Waals surface area contributed by atoms with Gasteiger partial charge >= 0.3 is 0 Å². The van der Waals surface area contributed by atoms with Gasteiger partial charge in [-0.2, -0.15) is 0 Å². The summed E-state index contributed by atoms with van der Waals surface area (Å²) < 4.78 is 2.33. The molecular formula is C51H40N4. The molecule has 10 rings (SSSR count). The fraction of sp³-hybridized carbons (Fsp3) is 0.118. The van der Waals surface area contributed by atoms with E-state index in [1.165, 1.54) is 44.1 Å². The van der Waals surface area contributed by atoms with Crippen LogP contribution in [0.15, 0.2) is 170 Å². The molecule has 55 heavy (non-hydrogen) atoms. The Morgan fingerprint density at radius 3 is 1.62 bits per heavy atom. The van der Waals surface area contributed by atoms with Crippen LogP contribution in [-0.2, 0) is 10.8 Å². The highest BCUT2D eigenvalue weighted by Gasteiger charge is 2.45. The summed E-state index contributed by atoms with van der Waals surface area (Å²) in [5.41, 5.74) is 14.0. The highest BCUT2D eigenvalue weighted by Crippen LogP contribution is 2.54. The topological polar surface area (TPSA) is 43.6 Å². The Balaban J connectivity index is 1.08. The van der Waals surface area contributed by atoms with Crippen LogP contribution in [0.4, 0.5) is 0 Å². The molecular weight excluding hydrogens is 669 g/mol. The van der Waals surface area contributed by atoms with Crippen molar-refractivity contribution in [2.24, 2.45) is 0 Å². The van der Waals surface area contributed by atoms with Crippen molar-refractivity contribution in [1.29, 1.82) is 0 Å². The van der Waals surface area contributed by atoms with Crippen LogP contribution in [0.25, 0.3) is 83.9 Å². The molecule has 0 N–H and O–H groups in total. The van der Waals surface area contributed by atoms with E-state index in [0.29, 0.717) is 17.5 Å². The summed E-state index contributed by atoms with van der Waals surface area (Å²) in [6.45, 7) is 9.53. The van der Waals surface area contributed by atoms with E-state index in [9.17, 15) is 0 Å². The third-order valence-electron chi connectivity index (χ3n) is 12.2. The molecule has 264 valence electrons. The standard InChI is InChI=1S/C51H40N4/c1-50(2)43-21-13-11-19-39(43)40-29-27-36(31-44(40)51(50,3)4)33-23-25-35(26-24-33)48-52-47(34-15-7-5-8-16-34)53-49(54-48)37-28-30-42-41-20-12-14-22-45(41)55(46(42)32-37)38-17-9-6-10-18-38/h5-32H,1-4H3. The van der Waals surface area contributed by atoms with E-state index >= 15 is 0 Å². The molecule has 0 atom stereocenters. The molecule has 0 saturated heterocycles. The van der Waals surface area contributed by atoms with Crippen LogP contribution in [0.1, 0.15) is 38.8 Å². The van der Waals surface area contributed by atoms with Gasteiger partial charge in [-0.1, -0.05) is 167 Å². The van der Waals surface area contributed by atoms with Gasteiger partial charge in [0, 0.05) is 33.2 Å². The summed E-state index contributed by atoms with van der Waals surface area (Å²) in [6, 6.07) is 60.4. The predicted molar refractivity (Wildman–Crippen MR) is 227 cm³/mol. The summed E-state index contributed by atoms with van der Waals surface area (Å²) in [5, 5.41) is 2.40. The highest BCUT2D eigenvalue weighted by molar-refractivity contribution is 6.10. The zero-order chi connectivity index (χ0) is 37.3. The third-order valence-corrected chi connectivity index (χ3v) is 12.2. The summed E-state index contributed by atoms with van der Waals surface area (Å²) in [7, 11) is 0. The Hall–Kier alpha value is -6.65. The first-order valence-corrected chi connectivity index (χ1v) is 19.0. The van der Waals surface area contributed by atoms with E-state index in [0.717, 1.165) is 33.5 Å². The van der Waals surface area contributed by atoms with Crippen molar-refractivity contribution < 1.29 is 0 Å². The lowest BCUT2D eigenvalue weighted by atomic mass is 9.55. The van der Waals surface area contributed by atoms with E-state index in [1.807, 2.05) is 18.2 Å². The van der Waals surface area contributed by atoms with Crippen molar-refractivity contribution in [3.05, 3.63) is 181 Å². The maximum atomic E-state index is 5.15. The number of rotatable bonds is 5. The first-order chi connectivity index (χ1) is 26.8. The summed E-state index contributed by atoms with van der Waals surface area (Å²) >= 11 is 0. The third kappa shape index (κ3) is 5.24. The Kier molecular flexibility index (Phi) is 7.47. The van der Waals surface area contributed by atoms with E-state index in [-0.39, 0.29) is 10.8 Å². The molecule has 9 aromatic rings. The van der Waals surface area contributed by atoms with Gasteiger partial charge in [0.2, 0.25) is 0 Å². The molecule has 0 aliphatic heterocycles. The van der Waals surface area contributed by atoms with Crippen LogP contribution in [0.5, 0.6) is 0 Å². The molecule has 0 fully saturated rings. The fourth-order valence-electron chi connectivity index (χ4n) is 8.54. The van der Waals surface area contributed by atoms with Crippen LogP contribution in [0.3, 0.4) is 0 Å². The molecule has 4 heteroatoms. The van der Waals surface area contributed by atoms with Crippen LogP contribution < -0.4 is 0 Å². The van der Waals surface area contributed by atoms with E-state index < -0.39 is 0 Å². The summed E-state index contributed by atoms with van der Waals surface area (Å²) in [5.74, 6) is 1.93. The molecule has 2 aromatic heterocycles. The number of hydrogen-bond acceptors (Lipinski definition) is 3. The van der Waals surface area contributed by atoms with Gasteiger partial charge in [0.05, 0.1) is 11.0 Å². The molecule has 1 aliphatic rings. The van der Waals surface area contributed by atoms with Gasteiger partial charge in [-0.15, -0.1) is 0 Å². The minimum Gasteiger partial charge on any atom is -0.309 e. The summed E-state index contributed by atoms with van der Waals surface area (Å²) in [4.78, 5) is 15.3. The first-order valence-electron chi connectivity index (χ1n) is 19.0. The van der Waals surface area contributed by atoms with Crippen LogP contribution in [0.2, 0.25) is 0 Å². The predicted octanol–water partition coefficient (Wildman–Crippen LogP) is 12.9. The number of para-hydroxylation sites is 2. The van der Waals surface area contributed by atoms with Crippen molar-refractivity contribution in [2.45, 2.75) is 38.5 Å². The largest absolute Gasteiger partial charge is 0.309 e. The second-order valence-corrected chi connectivity index (χ2v) is 15.7. The second kappa shape index (κ2) is 12.5. The molecule has 1 aliphatic carbocycles. The quantitative estimate of drug-likeness (QED) is 0.179. The molecule has 7 aromatic carbocycles. The minimum absolute atomic E-state index is 0.0193. The molecule has 4 nitrogen and oxygen atoms in total. The lowest BCUT2D eigenvalue weighted by Crippen LogP contribution is -2.43. The van der Waals surface area contributed by atoms with Crippen LogP contribution in [-0.4, -0.2) is 19.5 Å². The van der Waals surface area contributed by atoms with Crippen molar-refractivity contribution in [2.75, 3.05) is 0 Å². The van der Waals surface area contributed by atoms with Crippen molar-refractivity contribution in [3.8, 4) is 62.1 Å². The van der Waals surface area contributed by atoms with Crippen molar-refractivity contribution in [1.82, 2.24) is 19.5 Å². The molecule has 0 bridgehead atoms. The van der Waals surface area contributed by atoms with Gasteiger partial charge in [0.25, 0.3) is 0 Å². The van der Waals surface area contributed by atoms with Gasteiger partial charge in [-0.05, 0) is 74.5 Å². The fourth-order valence-corrected chi connectivity index (χ4v) is 8.54. The van der Waals surface area contributed by atoms with Gasteiger partial charge in [0.15, 0.2) is 17.5 Å². The zero-order valence-corrected chi connectivity index (χ0v) is 31.5. The van der Waals surface area contributed by atoms with E-state index in [4.69, 9.17) is 15.0 Å². The Morgan fingerprint density at radius 1 is 0.364 bits per heavy atom. The van der Waals surface area contributed by atoms with E-state index in [2.05, 4.69) is 184 Å². The number of nitrogens with zero attached hydrogens (tertiary/aromatic N) is 4. The van der Waals surface area contributed by atoms with Gasteiger partial charge in [0.1, 0.15) is 0 Å². The second-order valence-electron chi connectivity index (χ2n) is 15.7. The molecule has 0 radical (unpaired) electrons. The van der Waals surface area contributed by atoms with Gasteiger partial charge in [-0.3, -0.25) is 0 Å². The maximum absolute atomic E-state index is 5.15. The molecule has 0 amide bonds. The van der Waals surface area contributed by atoms with E-state index in [1.54, 1.807) is 0 Å². The number of aromatic nitrogens is 4. The molecule has 2 heterocycles. The highest BCUT2D eigenvalue weighted by atomic mass is 15.0. The van der Waals surface area contributed by atoms with Crippen LogP contribution >= 0.6 is 0 Å². The van der Waals surface area contributed by atoms with Crippen LogP contribution in [0, 0.1) is 0 Å². The monoisotopic (exact) mass is 708 g/mol. The number of fused-ring (bicyclic) bond motifs is 6. The normalized spacial score (nSPS) is 14.1. The average Bonchev–Trinajstić information content (AvgIpc) is 3.57. The van der Waals surface area contributed by atoms with Gasteiger partial charge < -0.3 is 4.57 Å².